The van der Waals surface area contributed by atoms with Crippen LogP contribution < -0.4 is 15.4 Å². The second kappa shape index (κ2) is 8.19. The number of rotatable bonds is 6. The second-order valence-corrected chi connectivity index (χ2v) is 5.22. The third-order valence-electron chi connectivity index (χ3n) is 3.08. The van der Waals surface area contributed by atoms with Crippen LogP contribution in [-0.2, 0) is 16.0 Å². The number of carbonyl (C=O) groups is 2. The number of benzene rings is 2. The lowest BCUT2D eigenvalue weighted by Crippen LogP contribution is -2.21. The highest BCUT2D eigenvalue weighted by Crippen LogP contribution is 2.22. The number of amides is 2. The molecule has 0 aliphatic rings. The number of halogens is 1. The highest BCUT2D eigenvalue weighted by molar-refractivity contribution is 6.32. The molecule has 0 aliphatic heterocycles. The fourth-order valence-corrected chi connectivity index (χ4v) is 2.07. The van der Waals surface area contributed by atoms with Gasteiger partial charge in [0.1, 0.15) is 5.75 Å². The zero-order valence-electron chi connectivity index (χ0n) is 12.6. The van der Waals surface area contributed by atoms with Crippen molar-refractivity contribution in [3.8, 4) is 5.75 Å². The normalized spacial score (nSPS) is 10.0. The van der Waals surface area contributed by atoms with E-state index < -0.39 is 0 Å². The molecule has 0 heterocycles. The molecule has 0 spiro atoms. The summed E-state index contributed by atoms with van der Waals surface area (Å²) in [6, 6.07) is 14.0. The van der Waals surface area contributed by atoms with Crippen molar-refractivity contribution in [2.75, 3.05) is 19.0 Å². The molecule has 23 heavy (non-hydrogen) atoms. The Morgan fingerprint density at radius 1 is 1.04 bits per heavy atom. The van der Waals surface area contributed by atoms with Gasteiger partial charge in [-0.15, -0.1) is 0 Å². The van der Waals surface area contributed by atoms with E-state index in [2.05, 4.69) is 10.6 Å². The minimum Gasteiger partial charge on any atom is -0.482 e. The zero-order valence-corrected chi connectivity index (χ0v) is 13.4. The molecule has 5 nitrogen and oxygen atoms in total. The standard InChI is InChI=1S/C17H17ClN2O3/c1-19-16(21)10-12-6-8-13(9-7-12)20-17(22)11-23-15-5-3-2-4-14(15)18/h2-9H,10-11H2,1H3,(H,19,21)(H,20,22). The van der Waals surface area contributed by atoms with Gasteiger partial charge in [-0.1, -0.05) is 35.9 Å². The van der Waals surface area contributed by atoms with Crippen molar-refractivity contribution in [3.05, 3.63) is 59.1 Å². The summed E-state index contributed by atoms with van der Waals surface area (Å²) in [5, 5.41) is 5.74. The molecule has 0 saturated carbocycles. The maximum absolute atomic E-state index is 11.9. The molecule has 2 N–H and O–H groups in total. The van der Waals surface area contributed by atoms with E-state index in [1.807, 2.05) is 0 Å². The fourth-order valence-electron chi connectivity index (χ4n) is 1.88. The number of hydrogen-bond donors (Lipinski definition) is 2. The summed E-state index contributed by atoms with van der Waals surface area (Å²) in [5.74, 6) is 0.115. The van der Waals surface area contributed by atoms with Crippen molar-refractivity contribution in [1.82, 2.24) is 5.32 Å². The summed E-state index contributed by atoms with van der Waals surface area (Å²) in [6.45, 7) is -0.135. The van der Waals surface area contributed by atoms with Crippen molar-refractivity contribution < 1.29 is 14.3 Å². The molecule has 0 fully saturated rings. The Bertz CT molecular complexity index is 686. The Kier molecular flexibility index (Phi) is 6.00. The summed E-state index contributed by atoms with van der Waals surface area (Å²) in [5.41, 5.74) is 1.51. The quantitative estimate of drug-likeness (QED) is 0.854. The molecular formula is C17H17ClN2O3. The topological polar surface area (TPSA) is 67.4 Å². The van der Waals surface area contributed by atoms with Crippen molar-refractivity contribution in [1.29, 1.82) is 0 Å². The number of hydrogen-bond acceptors (Lipinski definition) is 3. The average molecular weight is 333 g/mol. The van der Waals surface area contributed by atoms with Gasteiger partial charge in [-0.2, -0.15) is 0 Å². The van der Waals surface area contributed by atoms with Gasteiger partial charge in [-0.3, -0.25) is 9.59 Å². The van der Waals surface area contributed by atoms with Crippen molar-refractivity contribution in [2.24, 2.45) is 0 Å². The van der Waals surface area contributed by atoms with Gasteiger partial charge in [0, 0.05) is 12.7 Å². The van der Waals surface area contributed by atoms with Crippen LogP contribution in [0.25, 0.3) is 0 Å². The van der Waals surface area contributed by atoms with Gasteiger partial charge >= 0.3 is 0 Å². The predicted molar refractivity (Wildman–Crippen MR) is 89.8 cm³/mol. The monoisotopic (exact) mass is 332 g/mol. The molecule has 6 heteroatoms. The SMILES string of the molecule is CNC(=O)Cc1ccc(NC(=O)COc2ccccc2Cl)cc1. The van der Waals surface area contributed by atoms with Crippen LogP contribution in [0.1, 0.15) is 5.56 Å². The number of ether oxygens (including phenoxy) is 1. The van der Waals surface area contributed by atoms with Crippen LogP contribution in [0.2, 0.25) is 5.02 Å². The third-order valence-corrected chi connectivity index (χ3v) is 3.39. The number of anilines is 1. The third kappa shape index (κ3) is 5.30. The van der Waals surface area contributed by atoms with Crippen LogP contribution in [0, 0.1) is 0 Å². The average Bonchev–Trinajstić information content (AvgIpc) is 2.56. The molecule has 2 rings (SSSR count). The van der Waals surface area contributed by atoms with E-state index in [-0.39, 0.29) is 18.4 Å². The molecule has 120 valence electrons. The molecule has 2 amide bonds. The lowest BCUT2D eigenvalue weighted by molar-refractivity contribution is -0.120. The largest absolute Gasteiger partial charge is 0.482 e. The van der Waals surface area contributed by atoms with Crippen LogP contribution >= 0.6 is 11.6 Å². The van der Waals surface area contributed by atoms with Crippen LogP contribution in [0.5, 0.6) is 5.75 Å². The molecule has 0 bridgehead atoms. The predicted octanol–water partition coefficient (Wildman–Crippen LogP) is 2.65. The smallest absolute Gasteiger partial charge is 0.262 e. The zero-order chi connectivity index (χ0) is 16.7. The number of nitrogens with one attached hydrogen (secondary N) is 2. The first kappa shape index (κ1) is 16.8. The van der Waals surface area contributed by atoms with Crippen LogP contribution in [0.15, 0.2) is 48.5 Å². The van der Waals surface area contributed by atoms with E-state index in [9.17, 15) is 9.59 Å². The van der Waals surface area contributed by atoms with E-state index in [1.165, 1.54) is 0 Å². The summed E-state index contributed by atoms with van der Waals surface area (Å²) in [7, 11) is 1.59. The first-order chi connectivity index (χ1) is 11.1. The van der Waals surface area contributed by atoms with Gasteiger partial charge in [0.2, 0.25) is 5.91 Å². The summed E-state index contributed by atoms with van der Waals surface area (Å²) in [4.78, 5) is 23.1. The minimum atomic E-state index is -0.288. The molecular weight excluding hydrogens is 316 g/mol. The lowest BCUT2D eigenvalue weighted by Gasteiger charge is -2.09. The van der Waals surface area contributed by atoms with Gasteiger partial charge in [-0.25, -0.2) is 0 Å². The summed E-state index contributed by atoms with van der Waals surface area (Å²) < 4.78 is 5.36. The Balaban J connectivity index is 1.85. The first-order valence-corrected chi connectivity index (χ1v) is 7.43. The summed E-state index contributed by atoms with van der Waals surface area (Å²) >= 11 is 5.95. The number of para-hydroxylation sites is 1. The van der Waals surface area contributed by atoms with Gasteiger partial charge in [0.25, 0.3) is 5.91 Å². The fraction of sp³-hybridized carbons (Fsp3) is 0.176. The summed E-state index contributed by atoms with van der Waals surface area (Å²) in [6.07, 6.45) is 0.306. The molecule has 0 saturated heterocycles. The molecule has 0 unspecified atom stereocenters. The molecule has 0 aromatic heterocycles. The molecule has 2 aromatic rings. The minimum absolute atomic E-state index is 0.0603. The van der Waals surface area contributed by atoms with Crippen LogP contribution in [0.4, 0.5) is 5.69 Å². The first-order valence-electron chi connectivity index (χ1n) is 7.05. The van der Waals surface area contributed by atoms with Crippen molar-refractivity contribution >= 4 is 29.1 Å². The highest BCUT2D eigenvalue weighted by Gasteiger charge is 2.06. The number of carbonyl (C=O) groups excluding carboxylic acids is 2. The van der Waals surface area contributed by atoms with E-state index in [1.54, 1.807) is 55.6 Å². The van der Waals surface area contributed by atoms with E-state index >= 15 is 0 Å². The van der Waals surface area contributed by atoms with Gasteiger partial charge in [0.05, 0.1) is 11.4 Å². The Hall–Kier alpha value is -2.53. The molecule has 0 aliphatic carbocycles. The Labute approximate surface area is 139 Å². The van der Waals surface area contributed by atoms with Crippen molar-refractivity contribution in [3.63, 3.8) is 0 Å². The van der Waals surface area contributed by atoms with E-state index in [0.717, 1.165) is 5.56 Å². The van der Waals surface area contributed by atoms with E-state index in [0.29, 0.717) is 22.9 Å². The highest BCUT2D eigenvalue weighted by atomic mass is 35.5. The van der Waals surface area contributed by atoms with Gasteiger partial charge < -0.3 is 15.4 Å². The maximum Gasteiger partial charge on any atom is 0.262 e. The maximum atomic E-state index is 11.9. The Morgan fingerprint density at radius 2 is 1.74 bits per heavy atom. The lowest BCUT2D eigenvalue weighted by atomic mass is 10.1. The van der Waals surface area contributed by atoms with Gasteiger partial charge in [-0.05, 0) is 29.8 Å². The molecule has 0 atom stereocenters. The van der Waals surface area contributed by atoms with Gasteiger partial charge in [0.15, 0.2) is 6.61 Å². The van der Waals surface area contributed by atoms with E-state index in [4.69, 9.17) is 16.3 Å². The van der Waals surface area contributed by atoms with Crippen molar-refractivity contribution in [2.45, 2.75) is 6.42 Å². The Morgan fingerprint density at radius 3 is 2.39 bits per heavy atom. The van der Waals surface area contributed by atoms with Crippen LogP contribution in [0.3, 0.4) is 0 Å². The van der Waals surface area contributed by atoms with Crippen LogP contribution in [-0.4, -0.2) is 25.5 Å². The molecule has 2 aromatic carbocycles. The second-order valence-electron chi connectivity index (χ2n) is 4.81. The molecule has 0 radical (unpaired) electrons. The number of likely N-dealkylation sites (N-methyl/N-ethyl adjacent to an activating group) is 1.